The Morgan fingerprint density at radius 3 is 2.67 bits per heavy atom. The van der Waals surface area contributed by atoms with Crippen LogP contribution in [0.5, 0.6) is 0 Å². The molecule has 114 valence electrons. The Balaban J connectivity index is 1.53. The van der Waals surface area contributed by atoms with E-state index in [1.165, 1.54) is 0 Å². The Bertz CT molecular complexity index is 526. The van der Waals surface area contributed by atoms with Crippen LogP contribution in [0.2, 0.25) is 0 Å². The van der Waals surface area contributed by atoms with Gasteiger partial charge < -0.3 is 4.90 Å². The predicted molar refractivity (Wildman–Crippen MR) is 78.1 cm³/mol. The van der Waals surface area contributed by atoms with Gasteiger partial charge in [0.25, 0.3) is 5.91 Å². The van der Waals surface area contributed by atoms with Gasteiger partial charge in [0.2, 0.25) is 0 Å². The number of amides is 1. The average molecular weight is 291 g/mol. The number of aromatic amines is 1. The van der Waals surface area contributed by atoms with Gasteiger partial charge in [-0.1, -0.05) is 0 Å². The number of nitrogens with zero attached hydrogens (tertiary/aromatic N) is 2. The molecule has 1 aromatic rings. The first-order chi connectivity index (χ1) is 10.1. The van der Waals surface area contributed by atoms with Crippen molar-refractivity contribution in [3.05, 3.63) is 29.4 Å². The Kier molecular flexibility index (Phi) is 4.08. The molecule has 1 saturated heterocycles. The number of hydrogen-bond acceptors (Lipinski definition) is 2. The molecule has 4 nitrogen and oxygen atoms in total. The highest BCUT2D eigenvalue weighted by molar-refractivity contribution is 5.92. The van der Waals surface area contributed by atoms with Gasteiger partial charge in [-0.25, -0.2) is 4.39 Å². The fraction of sp³-hybridized carbons (Fsp3) is 0.625. The molecule has 1 aliphatic carbocycles. The van der Waals surface area contributed by atoms with Gasteiger partial charge in [0.1, 0.15) is 0 Å². The van der Waals surface area contributed by atoms with E-state index in [1.807, 2.05) is 6.07 Å². The summed E-state index contributed by atoms with van der Waals surface area (Å²) in [6.45, 7) is 3.07. The van der Waals surface area contributed by atoms with E-state index in [4.69, 9.17) is 0 Å². The first-order valence-electron chi connectivity index (χ1n) is 7.79. The van der Waals surface area contributed by atoms with Gasteiger partial charge in [0, 0.05) is 25.0 Å². The Morgan fingerprint density at radius 1 is 1.38 bits per heavy atom. The van der Waals surface area contributed by atoms with Crippen LogP contribution in [0.3, 0.4) is 0 Å². The molecular weight excluding hydrogens is 269 g/mol. The van der Waals surface area contributed by atoms with Crippen molar-refractivity contribution < 1.29 is 9.18 Å². The van der Waals surface area contributed by atoms with E-state index in [-0.39, 0.29) is 0 Å². The number of carbonyl (C=O) groups is 1. The lowest BCUT2D eigenvalue weighted by atomic mass is 9.92. The molecule has 1 aromatic heterocycles. The minimum atomic E-state index is -0.510. The highest BCUT2D eigenvalue weighted by atomic mass is 19.1. The maximum Gasteiger partial charge on any atom is 0.282 e. The van der Waals surface area contributed by atoms with Gasteiger partial charge in [-0.3, -0.25) is 9.89 Å². The van der Waals surface area contributed by atoms with Crippen molar-refractivity contribution in [2.75, 3.05) is 13.1 Å². The first kappa shape index (κ1) is 14.3. The molecule has 0 spiro atoms. The van der Waals surface area contributed by atoms with Crippen molar-refractivity contribution in [2.45, 2.75) is 39.0 Å². The molecule has 1 amide bonds. The fourth-order valence-electron chi connectivity index (χ4n) is 3.05. The number of hydrogen-bond donors (Lipinski definition) is 1. The highest BCUT2D eigenvalue weighted by Crippen LogP contribution is 2.38. The molecule has 0 unspecified atom stereocenters. The van der Waals surface area contributed by atoms with Crippen molar-refractivity contribution in [3.8, 4) is 0 Å². The molecule has 0 aromatic carbocycles. The van der Waals surface area contributed by atoms with Gasteiger partial charge in [0.15, 0.2) is 5.83 Å². The van der Waals surface area contributed by atoms with Crippen molar-refractivity contribution in [2.24, 2.45) is 11.8 Å². The van der Waals surface area contributed by atoms with Gasteiger partial charge in [-0.05, 0) is 62.5 Å². The Morgan fingerprint density at radius 2 is 2.10 bits per heavy atom. The second-order valence-corrected chi connectivity index (χ2v) is 6.29. The molecule has 1 N–H and O–H groups in total. The molecule has 0 atom stereocenters. The molecule has 21 heavy (non-hydrogen) atoms. The van der Waals surface area contributed by atoms with Crippen LogP contribution in [0.1, 0.15) is 38.3 Å². The SMILES string of the molecule is C/C(=C(/F)C(=O)N1CCC(Cc2ccn[nH]2)CC1)C1CC1. The van der Waals surface area contributed by atoms with Crippen LogP contribution in [0, 0.1) is 11.8 Å². The first-order valence-corrected chi connectivity index (χ1v) is 7.79. The number of nitrogens with one attached hydrogen (secondary N) is 1. The van der Waals surface area contributed by atoms with E-state index in [2.05, 4.69) is 10.2 Å². The second kappa shape index (κ2) is 6.00. The van der Waals surface area contributed by atoms with Crippen molar-refractivity contribution in [1.82, 2.24) is 15.1 Å². The third kappa shape index (κ3) is 3.34. The number of allylic oxidation sites excluding steroid dienone is 1. The normalized spacial score (nSPS) is 21.3. The summed E-state index contributed by atoms with van der Waals surface area (Å²) in [6.07, 6.45) is 6.63. The molecule has 1 saturated carbocycles. The maximum absolute atomic E-state index is 14.1. The molecule has 5 heteroatoms. The summed E-state index contributed by atoms with van der Waals surface area (Å²) < 4.78 is 14.1. The summed E-state index contributed by atoms with van der Waals surface area (Å²) >= 11 is 0. The topological polar surface area (TPSA) is 49.0 Å². The van der Waals surface area contributed by atoms with Crippen LogP contribution in [0.15, 0.2) is 23.7 Å². The standard InChI is InChI=1S/C16H22FN3O/c1-11(13-2-3-13)15(17)16(21)20-8-5-12(6-9-20)10-14-4-7-18-19-14/h4,7,12-13H,2-3,5-6,8-10H2,1H3,(H,18,19)/b15-11-. The summed E-state index contributed by atoms with van der Waals surface area (Å²) in [4.78, 5) is 13.8. The van der Waals surface area contributed by atoms with Crippen molar-refractivity contribution in [3.63, 3.8) is 0 Å². The molecular formula is C16H22FN3O. The van der Waals surface area contributed by atoms with E-state index >= 15 is 0 Å². The molecule has 3 rings (SSSR count). The van der Waals surface area contributed by atoms with E-state index in [0.717, 1.165) is 37.8 Å². The quantitative estimate of drug-likeness (QED) is 0.867. The monoisotopic (exact) mass is 291 g/mol. The number of piperidine rings is 1. The summed E-state index contributed by atoms with van der Waals surface area (Å²) in [5.74, 6) is -0.0538. The van der Waals surface area contributed by atoms with Crippen LogP contribution in [-0.2, 0) is 11.2 Å². The van der Waals surface area contributed by atoms with Crippen LogP contribution < -0.4 is 0 Å². The van der Waals surface area contributed by atoms with Crippen molar-refractivity contribution >= 4 is 5.91 Å². The lowest BCUT2D eigenvalue weighted by molar-refractivity contribution is -0.130. The van der Waals surface area contributed by atoms with E-state index in [1.54, 1.807) is 18.0 Å². The van der Waals surface area contributed by atoms with Gasteiger partial charge in [0.05, 0.1) is 0 Å². The predicted octanol–water partition coefficient (Wildman–Crippen LogP) is 2.84. The summed E-state index contributed by atoms with van der Waals surface area (Å²) in [7, 11) is 0. The molecule has 2 heterocycles. The molecule has 1 aliphatic heterocycles. The van der Waals surface area contributed by atoms with E-state index in [9.17, 15) is 9.18 Å². The van der Waals surface area contributed by atoms with Crippen LogP contribution in [0.25, 0.3) is 0 Å². The molecule has 2 fully saturated rings. The molecule has 0 bridgehead atoms. The third-order valence-corrected chi connectivity index (χ3v) is 4.69. The zero-order chi connectivity index (χ0) is 14.8. The zero-order valence-corrected chi connectivity index (χ0v) is 12.4. The molecule has 2 aliphatic rings. The second-order valence-electron chi connectivity index (χ2n) is 6.29. The number of aromatic nitrogens is 2. The number of carbonyl (C=O) groups excluding carboxylic acids is 1. The lowest BCUT2D eigenvalue weighted by Gasteiger charge is -2.31. The van der Waals surface area contributed by atoms with Gasteiger partial charge in [-0.2, -0.15) is 5.10 Å². The Labute approximate surface area is 124 Å². The smallest absolute Gasteiger partial charge is 0.282 e. The van der Waals surface area contributed by atoms with Crippen molar-refractivity contribution in [1.29, 1.82) is 0 Å². The summed E-state index contributed by atoms with van der Waals surface area (Å²) in [5, 5.41) is 6.92. The average Bonchev–Trinajstić information content (AvgIpc) is 3.24. The largest absolute Gasteiger partial charge is 0.337 e. The summed E-state index contributed by atoms with van der Waals surface area (Å²) in [5.41, 5.74) is 1.79. The number of halogens is 1. The number of likely N-dealkylation sites (tertiary alicyclic amines) is 1. The number of rotatable bonds is 4. The third-order valence-electron chi connectivity index (χ3n) is 4.69. The van der Waals surface area contributed by atoms with Crippen LogP contribution in [0.4, 0.5) is 4.39 Å². The Hall–Kier alpha value is -1.65. The van der Waals surface area contributed by atoms with Gasteiger partial charge >= 0.3 is 0 Å². The molecule has 0 radical (unpaired) electrons. The minimum absolute atomic E-state index is 0.312. The maximum atomic E-state index is 14.1. The van der Waals surface area contributed by atoms with Gasteiger partial charge in [-0.15, -0.1) is 0 Å². The summed E-state index contributed by atoms with van der Waals surface area (Å²) in [6, 6.07) is 1.99. The van der Waals surface area contributed by atoms with Crippen LogP contribution >= 0.6 is 0 Å². The van der Waals surface area contributed by atoms with E-state index < -0.39 is 11.7 Å². The highest BCUT2D eigenvalue weighted by Gasteiger charge is 2.31. The lowest BCUT2D eigenvalue weighted by Crippen LogP contribution is -2.39. The zero-order valence-electron chi connectivity index (χ0n) is 12.4. The number of H-pyrrole nitrogens is 1. The fourth-order valence-corrected chi connectivity index (χ4v) is 3.05. The van der Waals surface area contributed by atoms with Crippen LogP contribution in [-0.4, -0.2) is 34.1 Å². The minimum Gasteiger partial charge on any atom is -0.337 e. The van der Waals surface area contributed by atoms with E-state index in [0.29, 0.717) is 30.5 Å².